The summed E-state index contributed by atoms with van der Waals surface area (Å²) < 4.78 is 35.2. The maximum Gasteiger partial charge on any atom is 0.472 e. The van der Waals surface area contributed by atoms with Gasteiger partial charge in [-0.25, -0.2) is 4.57 Å². The number of rotatable bonds is 51. The molecular weight excluding hydrogens is 806 g/mol. The maximum atomic E-state index is 12.8. The van der Waals surface area contributed by atoms with Gasteiger partial charge in [0, 0.05) is 13.0 Å². The van der Waals surface area contributed by atoms with Crippen LogP contribution in [0, 0.1) is 0 Å². The summed E-state index contributed by atoms with van der Waals surface area (Å²) in [4.78, 5) is 23.0. The highest BCUT2D eigenvalue weighted by molar-refractivity contribution is 7.47. The summed E-state index contributed by atoms with van der Waals surface area (Å²) in [5.41, 5.74) is 0. The van der Waals surface area contributed by atoms with Gasteiger partial charge in [0.2, 0.25) is 0 Å². The molecular formula is C54H107NO7P+. The van der Waals surface area contributed by atoms with E-state index in [1.165, 1.54) is 193 Å². The maximum absolute atomic E-state index is 12.8. The number of carbonyl (C=O) groups is 1. The molecule has 0 rings (SSSR count). The average molecular weight is 913 g/mol. The van der Waals surface area contributed by atoms with Crippen molar-refractivity contribution in [1.82, 2.24) is 0 Å². The Bertz CT molecular complexity index is 1060. The van der Waals surface area contributed by atoms with Crippen molar-refractivity contribution in [2.75, 3.05) is 54.1 Å². The number of phosphoric ester groups is 1. The highest BCUT2D eigenvalue weighted by Gasteiger charge is 2.26. The first kappa shape index (κ1) is 62.0. The molecule has 0 radical (unpaired) electrons. The first-order valence-corrected chi connectivity index (χ1v) is 28.6. The van der Waals surface area contributed by atoms with Crippen LogP contribution < -0.4 is 0 Å². The largest absolute Gasteiger partial charge is 0.472 e. The van der Waals surface area contributed by atoms with E-state index in [1.807, 2.05) is 21.1 Å². The molecule has 0 aliphatic heterocycles. The Hall–Kier alpha value is -1.02. The zero-order chi connectivity index (χ0) is 46.2. The molecule has 0 aliphatic carbocycles. The molecule has 2 atom stereocenters. The molecule has 0 aromatic rings. The number of nitrogens with zero attached hydrogens (tertiary/aromatic N) is 1. The van der Waals surface area contributed by atoms with Gasteiger partial charge >= 0.3 is 13.8 Å². The van der Waals surface area contributed by atoms with Crippen molar-refractivity contribution in [3.63, 3.8) is 0 Å². The van der Waals surface area contributed by atoms with Gasteiger partial charge in [0.15, 0.2) is 0 Å². The molecule has 0 heterocycles. The van der Waals surface area contributed by atoms with Crippen molar-refractivity contribution in [1.29, 1.82) is 0 Å². The van der Waals surface area contributed by atoms with Gasteiger partial charge in [0.1, 0.15) is 19.3 Å². The summed E-state index contributed by atoms with van der Waals surface area (Å²) in [6, 6.07) is 0. The number of likely N-dealkylation sites (N-methyl/N-ethyl adjacent to an activating group) is 1. The quantitative estimate of drug-likeness (QED) is 0.0214. The Morgan fingerprint density at radius 1 is 0.492 bits per heavy atom. The van der Waals surface area contributed by atoms with Crippen molar-refractivity contribution in [3.05, 3.63) is 24.3 Å². The van der Waals surface area contributed by atoms with Gasteiger partial charge in [-0.1, -0.05) is 231 Å². The van der Waals surface area contributed by atoms with Crippen LogP contribution >= 0.6 is 7.82 Å². The first-order chi connectivity index (χ1) is 30.6. The van der Waals surface area contributed by atoms with E-state index in [-0.39, 0.29) is 25.8 Å². The molecule has 0 saturated carbocycles. The van der Waals surface area contributed by atoms with Crippen LogP contribution in [-0.4, -0.2) is 75.6 Å². The number of phosphoric acid groups is 1. The van der Waals surface area contributed by atoms with Gasteiger partial charge in [-0.05, 0) is 44.9 Å². The van der Waals surface area contributed by atoms with Crippen LogP contribution in [0.2, 0.25) is 0 Å². The lowest BCUT2D eigenvalue weighted by molar-refractivity contribution is -0.870. The lowest BCUT2D eigenvalue weighted by Gasteiger charge is -2.24. The standard InChI is InChI=1S/C54H106NO7P/c1-6-8-10-12-14-16-18-20-22-24-25-26-27-28-29-30-32-34-36-38-40-42-44-46-49-59-51-53(52-61-63(57,58)60-50-48-55(3,4)5)62-54(56)47-45-43-41-39-37-35-33-31-23-21-19-17-15-13-11-9-7-2/h15,17,21,23,53H,6-14,16,18-20,22,24-52H2,1-5H3/p+1/b17-15-,23-21-. The summed E-state index contributed by atoms with van der Waals surface area (Å²) >= 11 is 0. The Kier molecular flexibility index (Phi) is 46.7. The van der Waals surface area contributed by atoms with E-state index >= 15 is 0 Å². The molecule has 0 aromatic heterocycles. The van der Waals surface area contributed by atoms with Crippen molar-refractivity contribution in [3.8, 4) is 0 Å². The molecule has 0 spiro atoms. The molecule has 0 aliphatic rings. The minimum atomic E-state index is -4.28. The molecule has 374 valence electrons. The van der Waals surface area contributed by atoms with Crippen LogP contribution in [0.5, 0.6) is 0 Å². The van der Waals surface area contributed by atoms with Crippen molar-refractivity contribution < 1.29 is 37.3 Å². The van der Waals surface area contributed by atoms with Crippen LogP contribution in [-0.2, 0) is 27.9 Å². The van der Waals surface area contributed by atoms with E-state index in [0.29, 0.717) is 24.1 Å². The van der Waals surface area contributed by atoms with Gasteiger partial charge in [0.25, 0.3) is 0 Å². The second-order valence-electron chi connectivity index (χ2n) is 19.6. The van der Waals surface area contributed by atoms with E-state index in [0.717, 1.165) is 44.9 Å². The van der Waals surface area contributed by atoms with Gasteiger partial charge in [-0.2, -0.15) is 0 Å². The smallest absolute Gasteiger partial charge is 0.457 e. The summed E-state index contributed by atoms with van der Waals surface area (Å²) in [6.07, 6.45) is 56.6. The number of carbonyl (C=O) groups excluding carboxylic acids is 1. The number of ether oxygens (including phenoxy) is 2. The lowest BCUT2D eigenvalue weighted by atomic mass is 10.0. The Morgan fingerprint density at radius 3 is 1.32 bits per heavy atom. The highest BCUT2D eigenvalue weighted by Crippen LogP contribution is 2.43. The normalized spacial score (nSPS) is 13.7. The molecule has 63 heavy (non-hydrogen) atoms. The third-order valence-corrected chi connectivity index (χ3v) is 13.0. The van der Waals surface area contributed by atoms with Crippen LogP contribution in [0.3, 0.4) is 0 Å². The van der Waals surface area contributed by atoms with E-state index in [1.54, 1.807) is 0 Å². The fourth-order valence-corrected chi connectivity index (χ4v) is 8.56. The zero-order valence-corrected chi connectivity index (χ0v) is 43.5. The Morgan fingerprint density at radius 2 is 0.873 bits per heavy atom. The molecule has 0 fully saturated rings. The topological polar surface area (TPSA) is 91.3 Å². The first-order valence-electron chi connectivity index (χ1n) is 27.1. The number of quaternary nitrogens is 1. The highest BCUT2D eigenvalue weighted by atomic mass is 31.2. The van der Waals surface area contributed by atoms with Gasteiger partial charge in [-0.3, -0.25) is 13.8 Å². The minimum Gasteiger partial charge on any atom is -0.457 e. The molecule has 0 bridgehead atoms. The van der Waals surface area contributed by atoms with E-state index in [9.17, 15) is 14.3 Å². The predicted octanol–water partition coefficient (Wildman–Crippen LogP) is 16.7. The molecule has 9 heteroatoms. The second-order valence-corrected chi connectivity index (χ2v) is 21.1. The number of esters is 1. The van der Waals surface area contributed by atoms with Crippen LogP contribution in [0.25, 0.3) is 0 Å². The van der Waals surface area contributed by atoms with E-state index in [2.05, 4.69) is 38.2 Å². The molecule has 8 nitrogen and oxygen atoms in total. The summed E-state index contributed by atoms with van der Waals surface area (Å²) in [7, 11) is 1.67. The number of allylic oxidation sites excluding steroid dienone is 4. The number of hydrogen-bond acceptors (Lipinski definition) is 6. The minimum absolute atomic E-state index is 0.0893. The lowest BCUT2D eigenvalue weighted by Crippen LogP contribution is -2.37. The third kappa shape index (κ3) is 51.8. The average Bonchev–Trinajstić information content (AvgIpc) is 3.24. The van der Waals surface area contributed by atoms with Crippen LogP contribution in [0.1, 0.15) is 258 Å². The van der Waals surface area contributed by atoms with Crippen molar-refractivity contribution in [2.45, 2.75) is 264 Å². The number of hydrogen-bond donors (Lipinski definition) is 1. The summed E-state index contributed by atoms with van der Waals surface area (Å²) in [5.74, 6) is -0.316. The third-order valence-electron chi connectivity index (χ3n) is 12.0. The van der Waals surface area contributed by atoms with Gasteiger partial charge < -0.3 is 18.9 Å². The van der Waals surface area contributed by atoms with E-state index in [4.69, 9.17) is 18.5 Å². The monoisotopic (exact) mass is 913 g/mol. The van der Waals surface area contributed by atoms with Gasteiger partial charge in [0.05, 0.1) is 34.4 Å². The van der Waals surface area contributed by atoms with Crippen LogP contribution in [0.4, 0.5) is 0 Å². The van der Waals surface area contributed by atoms with Crippen LogP contribution in [0.15, 0.2) is 24.3 Å². The predicted molar refractivity (Wildman–Crippen MR) is 270 cm³/mol. The molecule has 0 amide bonds. The zero-order valence-electron chi connectivity index (χ0n) is 42.6. The molecule has 1 N–H and O–H groups in total. The summed E-state index contributed by atoms with van der Waals surface area (Å²) in [6.45, 7) is 5.64. The second kappa shape index (κ2) is 47.5. The van der Waals surface area contributed by atoms with E-state index < -0.39 is 13.9 Å². The fourth-order valence-electron chi connectivity index (χ4n) is 7.82. The fraction of sp³-hybridized carbons (Fsp3) is 0.907. The Balaban J connectivity index is 4.05. The van der Waals surface area contributed by atoms with Gasteiger partial charge in [-0.15, -0.1) is 0 Å². The number of unbranched alkanes of at least 4 members (excludes halogenated alkanes) is 33. The summed E-state index contributed by atoms with van der Waals surface area (Å²) in [5, 5.41) is 0. The Labute approximate surface area is 392 Å². The van der Waals surface area contributed by atoms with Crippen molar-refractivity contribution in [2.24, 2.45) is 0 Å². The molecule has 2 unspecified atom stereocenters. The SMILES string of the molecule is CCCCC/C=C\C/C=C\CCCCCCCCCC(=O)OC(COCCCCCCCCCCCCCCCCCCCCCCCCCC)COP(=O)(O)OCC[N+](C)(C)C. The molecule has 0 saturated heterocycles. The molecule has 0 aromatic carbocycles. The van der Waals surface area contributed by atoms with Crippen molar-refractivity contribution >= 4 is 13.8 Å².